The van der Waals surface area contributed by atoms with Crippen LogP contribution in [0, 0.1) is 0 Å². The molecule has 0 spiro atoms. The van der Waals surface area contributed by atoms with Crippen LogP contribution in [0.4, 0.5) is 0 Å². The molecule has 36 heavy (non-hydrogen) atoms. The summed E-state index contributed by atoms with van der Waals surface area (Å²) < 4.78 is 15.8. The van der Waals surface area contributed by atoms with Crippen molar-refractivity contribution in [3.8, 4) is 17.2 Å². The van der Waals surface area contributed by atoms with Crippen molar-refractivity contribution >= 4 is 29.1 Å². The maximum absolute atomic E-state index is 13.3. The van der Waals surface area contributed by atoms with Crippen molar-refractivity contribution in [1.82, 2.24) is 4.90 Å². The zero-order chi connectivity index (χ0) is 25.8. The van der Waals surface area contributed by atoms with Crippen LogP contribution in [0.2, 0.25) is 5.02 Å². The molecule has 1 amide bonds. The highest BCUT2D eigenvalue weighted by Crippen LogP contribution is 2.41. The molecule has 0 aromatic heterocycles. The van der Waals surface area contributed by atoms with E-state index < -0.39 is 17.7 Å². The second-order valence-electron chi connectivity index (χ2n) is 8.21. The van der Waals surface area contributed by atoms with Crippen LogP contribution in [0.25, 0.3) is 5.76 Å². The fourth-order valence-corrected chi connectivity index (χ4v) is 4.47. The highest BCUT2D eigenvalue weighted by molar-refractivity contribution is 6.46. The number of carbonyl (C=O) groups excluding carboxylic acids is 2. The van der Waals surface area contributed by atoms with E-state index in [0.29, 0.717) is 28.5 Å². The van der Waals surface area contributed by atoms with Gasteiger partial charge in [-0.15, -0.1) is 0 Å². The van der Waals surface area contributed by atoms with E-state index in [1.54, 1.807) is 50.6 Å². The predicted octanol–water partition coefficient (Wildman–Crippen LogP) is 5.03. The van der Waals surface area contributed by atoms with Crippen LogP contribution in [-0.2, 0) is 16.0 Å². The number of ether oxygens (including phenoxy) is 3. The average molecular weight is 508 g/mol. The summed E-state index contributed by atoms with van der Waals surface area (Å²) in [4.78, 5) is 28.0. The van der Waals surface area contributed by atoms with Gasteiger partial charge < -0.3 is 24.2 Å². The van der Waals surface area contributed by atoms with Crippen molar-refractivity contribution < 1.29 is 28.9 Å². The van der Waals surface area contributed by atoms with Crippen molar-refractivity contribution in [3.05, 3.63) is 94.0 Å². The lowest BCUT2D eigenvalue weighted by molar-refractivity contribution is -0.139. The normalized spacial score (nSPS) is 16.8. The number of benzene rings is 3. The first-order valence-corrected chi connectivity index (χ1v) is 11.6. The number of aliphatic hydroxyl groups is 1. The van der Waals surface area contributed by atoms with E-state index in [2.05, 4.69) is 0 Å². The van der Waals surface area contributed by atoms with Crippen LogP contribution in [0.5, 0.6) is 17.2 Å². The monoisotopic (exact) mass is 507 g/mol. The molecule has 1 aliphatic heterocycles. The third kappa shape index (κ3) is 4.88. The van der Waals surface area contributed by atoms with Crippen molar-refractivity contribution in [2.75, 3.05) is 27.9 Å². The van der Waals surface area contributed by atoms with E-state index in [1.165, 1.54) is 18.1 Å². The number of halogens is 1. The van der Waals surface area contributed by atoms with Gasteiger partial charge in [0.2, 0.25) is 0 Å². The van der Waals surface area contributed by atoms with Crippen LogP contribution in [0.15, 0.2) is 72.3 Å². The standard InChI is InChI=1S/C28H26ClNO6/c1-34-20-9-4-17(5-10-20)14-15-30-25(18-6-11-21(35-2)12-7-18)24(27(32)28(30)33)26(31)22-16-19(29)8-13-23(22)36-3/h4-13,16,25,31H,14-15H2,1-3H3/b26-24+. The van der Waals surface area contributed by atoms with Crippen molar-refractivity contribution in [3.63, 3.8) is 0 Å². The molecule has 1 atom stereocenters. The molecule has 0 radical (unpaired) electrons. The summed E-state index contributed by atoms with van der Waals surface area (Å²) in [6, 6.07) is 18.5. The summed E-state index contributed by atoms with van der Waals surface area (Å²) in [6.45, 7) is 0.261. The van der Waals surface area contributed by atoms with Crippen LogP contribution in [0.1, 0.15) is 22.7 Å². The molecular weight excluding hydrogens is 482 g/mol. The Morgan fingerprint density at radius 2 is 1.50 bits per heavy atom. The number of amides is 1. The Bertz CT molecular complexity index is 1300. The molecule has 8 heteroatoms. The summed E-state index contributed by atoms with van der Waals surface area (Å²) in [6.07, 6.45) is 0.504. The fraction of sp³-hybridized carbons (Fsp3) is 0.214. The largest absolute Gasteiger partial charge is 0.507 e. The van der Waals surface area contributed by atoms with Gasteiger partial charge in [0.05, 0.1) is 38.5 Å². The highest BCUT2D eigenvalue weighted by atomic mass is 35.5. The topological polar surface area (TPSA) is 85.3 Å². The van der Waals surface area contributed by atoms with Crippen molar-refractivity contribution in [2.45, 2.75) is 12.5 Å². The Morgan fingerprint density at radius 3 is 2.08 bits per heavy atom. The minimum atomic E-state index is -0.808. The van der Waals surface area contributed by atoms with Gasteiger partial charge in [0.1, 0.15) is 23.0 Å². The van der Waals surface area contributed by atoms with Crippen LogP contribution >= 0.6 is 11.6 Å². The van der Waals surface area contributed by atoms with Crippen LogP contribution in [0.3, 0.4) is 0 Å². The lowest BCUT2D eigenvalue weighted by Crippen LogP contribution is -2.31. The average Bonchev–Trinajstić information content (AvgIpc) is 3.16. The number of hydrogen-bond donors (Lipinski definition) is 1. The number of carbonyl (C=O) groups is 2. The zero-order valence-corrected chi connectivity index (χ0v) is 20.9. The predicted molar refractivity (Wildman–Crippen MR) is 137 cm³/mol. The van der Waals surface area contributed by atoms with Gasteiger partial charge in [-0.3, -0.25) is 9.59 Å². The maximum Gasteiger partial charge on any atom is 0.295 e. The minimum absolute atomic E-state index is 0.0273. The molecule has 1 unspecified atom stereocenters. The third-order valence-electron chi connectivity index (χ3n) is 6.19. The molecule has 1 aliphatic rings. The van der Waals surface area contributed by atoms with E-state index in [9.17, 15) is 14.7 Å². The Hall–Kier alpha value is -3.97. The quantitative estimate of drug-likeness (QED) is 0.261. The van der Waals surface area contributed by atoms with Crippen molar-refractivity contribution in [1.29, 1.82) is 0 Å². The molecule has 3 aromatic carbocycles. The molecule has 1 N–H and O–H groups in total. The molecular formula is C28H26ClNO6. The number of Topliss-reactive ketones (excluding diaryl/α,β-unsaturated/α-hetero) is 1. The van der Waals surface area contributed by atoms with Gasteiger partial charge in [0.15, 0.2) is 0 Å². The van der Waals surface area contributed by atoms with E-state index in [4.69, 9.17) is 25.8 Å². The first kappa shape index (κ1) is 25.1. The number of ketones is 1. The maximum atomic E-state index is 13.3. The van der Waals surface area contributed by atoms with E-state index >= 15 is 0 Å². The number of aliphatic hydroxyl groups excluding tert-OH is 1. The van der Waals surface area contributed by atoms with Gasteiger partial charge in [-0.25, -0.2) is 0 Å². The van der Waals surface area contributed by atoms with Gasteiger partial charge in [-0.05, 0) is 60.0 Å². The summed E-state index contributed by atoms with van der Waals surface area (Å²) in [5.74, 6) is -0.120. The minimum Gasteiger partial charge on any atom is -0.507 e. The molecule has 1 heterocycles. The molecule has 7 nitrogen and oxygen atoms in total. The summed E-state index contributed by atoms with van der Waals surface area (Å²) in [7, 11) is 4.61. The lowest BCUT2D eigenvalue weighted by Gasteiger charge is -2.25. The second-order valence-corrected chi connectivity index (χ2v) is 8.64. The Labute approximate surface area is 214 Å². The Kier molecular flexibility index (Phi) is 7.50. The molecule has 4 rings (SSSR count). The van der Waals surface area contributed by atoms with Gasteiger partial charge in [0, 0.05) is 11.6 Å². The summed E-state index contributed by atoms with van der Waals surface area (Å²) in [5, 5.41) is 11.7. The Balaban J connectivity index is 1.79. The third-order valence-corrected chi connectivity index (χ3v) is 6.42. The molecule has 0 saturated carbocycles. The lowest BCUT2D eigenvalue weighted by atomic mass is 9.94. The number of hydrogen-bond acceptors (Lipinski definition) is 6. The summed E-state index contributed by atoms with van der Waals surface area (Å²) >= 11 is 6.17. The molecule has 0 bridgehead atoms. The molecule has 186 valence electrons. The van der Waals surface area contributed by atoms with Crippen LogP contribution in [-0.4, -0.2) is 49.6 Å². The van der Waals surface area contributed by atoms with Crippen molar-refractivity contribution in [2.24, 2.45) is 0 Å². The molecule has 1 fully saturated rings. The van der Waals surface area contributed by atoms with E-state index in [-0.39, 0.29) is 23.4 Å². The molecule has 3 aromatic rings. The zero-order valence-electron chi connectivity index (χ0n) is 20.2. The Morgan fingerprint density at radius 1 is 0.889 bits per heavy atom. The number of nitrogens with zero attached hydrogens (tertiary/aromatic N) is 1. The number of likely N-dealkylation sites (tertiary alicyclic amines) is 1. The molecule has 0 aliphatic carbocycles. The first-order chi connectivity index (χ1) is 17.4. The summed E-state index contributed by atoms with van der Waals surface area (Å²) in [5.41, 5.74) is 1.84. The van der Waals surface area contributed by atoms with Gasteiger partial charge in [-0.2, -0.15) is 0 Å². The second kappa shape index (κ2) is 10.7. The first-order valence-electron chi connectivity index (χ1n) is 11.3. The highest BCUT2D eigenvalue weighted by Gasteiger charge is 2.46. The van der Waals surface area contributed by atoms with E-state index in [1.807, 2.05) is 24.3 Å². The number of rotatable bonds is 8. The molecule has 1 saturated heterocycles. The van der Waals surface area contributed by atoms with Gasteiger partial charge in [0.25, 0.3) is 11.7 Å². The number of methoxy groups -OCH3 is 3. The van der Waals surface area contributed by atoms with Gasteiger partial charge >= 0.3 is 0 Å². The van der Waals surface area contributed by atoms with Crippen LogP contribution < -0.4 is 14.2 Å². The SMILES string of the molecule is COc1ccc(CCN2C(=O)C(=O)/C(=C(/O)c3cc(Cl)ccc3OC)C2c2ccc(OC)cc2)cc1. The smallest absolute Gasteiger partial charge is 0.295 e. The van der Waals surface area contributed by atoms with Gasteiger partial charge in [-0.1, -0.05) is 35.9 Å². The van der Waals surface area contributed by atoms with E-state index in [0.717, 1.165) is 11.3 Å². The fourth-order valence-electron chi connectivity index (χ4n) is 4.30.